The summed E-state index contributed by atoms with van der Waals surface area (Å²) in [6.45, 7) is 3.30. The molecular formula is C13H20N4O2. The normalized spacial score (nSPS) is 9.95. The number of nitrogens with two attached hydrogens (primary N) is 1. The fraction of sp³-hybridized carbons (Fsp3) is 0.462. The first-order valence-corrected chi connectivity index (χ1v) is 6.40. The van der Waals surface area contributed by atoms with Gasteiger partial charge in [0.15, 0.2) is 0 Å². The van der Waals surface area contributed by atoms with E-state index in [1.54, 1.807) is 12.1 Å². The third-order valence-electron chi connectivity index (χ3n) is 2.52. The molecule has 0 aliphatic carbocycles. The Balaban J connectivity index is 2.30. The first-order chi connectivity index (χ1) is 9.13. The number of primary amides is 1. The Hall–Kier alpha value is -2.11. The van der Waals surface area contributed by atoms with Crippen LogP contribution < -0.4 is 16.4 Å². The van der Waals surface area contributed by atoms with Crippen LogP contribution >= 0.6 is 0 Å². The van der Waals surface area contributed by atoms with Gasteiger partial charge in [-0.25, -0.2) is 4.98 Å². The highest BCUT2D eigenvalue weighted by molar-refractivity contribution is 5.94. The number of nitrogens with zero attached hydrogens (tertiary/aromatic N) is 1. The van der Waals surface area contributed by atoms with Gasteiger partial charge in [0, 0.05) is 25.7 Å². The van der Waals surface area contributed by atoms with E-state index < -0.39 is 0 Å². The monoisotopic (exact) mass is 264 g/mol. The minimum absolute atomic E-state index is 0.158. The van der Waals surface area contributed by atoms with Crippen LogP contribution in [0.5, 0.6) is 0 Å². The Bertz CT molecular complexity index is 417. The summed E-state index contributed by atoms with van der Waals surface area (Å²) < 4.78 is 0. The smallest absolute Gasteiger partial charge is 0.252 e. The maximum Gasteiger partial charge on any atom is 0.252 e. The van der Waals surface area contributed by atoms with Gasteiger partial charge in [-0.2, -0.15) is 0 Å². The molecule has 0 unspecified atom stereocenters. The quantitative estimate of drug-likeness (QED) is 0.608. The molecule has 0 aliphatic heterocycles. The number of pyridine rings is 1. The zero-order valence-electron chi connectivity index (χ0n) is 11.1. The third-order valence-corrected chi connectivity index (χ3v) is 2.52. The Kier molecular flexibility index (Phi) is 6.35. The molecule has 6 heteroatoms. The first-order valence-electron chi connectivity index (χ1n) is 6.40. The standard InChI is InChI=1S/C13H20N4O2/c1-2-15-12-7-6-10(9-17-12)13(19)16-8-4-3-5-11(14)18/h6-7,9H,2-5,8H2,1H3,(H2,14,18)(H,15,17)(H,16,19). The molecule has 1 aromatic rings. The van der Waals surface area contributed by atoms with Gasteiger partial charge in [0.05, 0.1) is 5.56 Å². The molecule has 2 amide bonds. The zero-order valence-corrected chi connectivity index (χ0v) is 11.1. The fourth-order valence-corrected chi connectivity index (χ4v) is 1.54. The van der Waals surface area contributed by atoms with Crippen LogP contribution in [0.25, 0.3) is 0 Å². The first kappa shape index (κ1) is 14.9. The second-order valence-corrected chi connectivity index (χ2v) is 4.14. The van der Waals surface area contributed by atoms with Gasteiger partial charge in [-0.05, 0) is 31.9 Å². The van der Waals surface area contributed by atoms with Crippen molar-refractivity contribution in [3.8, 4) is 0 Å². The number of hydrogen-bond acceptors (Lipinski definition) is 4. The van der Waals surface area contributed by atoms with E-state index in [0.717, 1.165) is 18.8 Å². The lowest BCUT2D eigenvalue weighted by Gasteiger charge is -2.06. The van der Waals surface area contributed by atoms with E-state index in [0.29, 0.717) is 24.9 Å². The van der Waals surface area contributed by atoms with Crippen LogP contribution in [0.2, 0.25) is 0 Å². The molecule has 0 saturated carbocycles. The van der Waals surface area contributed by atoms with Gasteiger partial charge < -0.3 is 16.4 Å². The molecule has 4 N–H and O–H groups in total. The number of hydrogen-bond donors (Lipinski definition) is 3. The average molecular weight is 264 g/mol. The van der Waals surface area contributed by atoms with Crippen molar-refractivity contribution >= 4 is 17.6 Å². The minimum Gasteiger partial charge on any atom is -0.370 e. The molecule has 1 rings (SSSR count). The van der Waals surface area contributed by atoms with Crippen LogP contribution in [0.1, 0.15) is 36.5 Å². The van der Waals surface area contributed by atoms with Crippen molar-refractivity contribution in [3.05, 3.63) is 23.9 Å². The summed E-state index contributed by atoms with van der Waals surface area (Å²) in [6.07, 6.45) is 3.32. The highest BCUT2D eigenvalue weighted by atomic mass is 16.2. The Morgan fingerprint density at radius 1 is 1.32 bits per heavy atom. The number of carbonyl (C=O) groups excluding carboxylic acids is 2. The molecule has 0 saturated heterocycles. The molecule has 1 heterocycles. The number of aromatic nitrogens is 1. The molecule has 104 valence electrons. The molecule has 6 nitrogen and oxygen atoms in total. The molecule has 0 aliphatic rings. The summed E-state index contributed by atoms with van der Waals surface area (Å²) in [5.74, 6) is 0.282. The van der Waals surface area contributed by atoms with Crippen LogP contribution in [0.3, 0.4) is 0 Å². The number of nitrogens with one attached hydrogen (secondary N) is 2. The van der Waals surface area contributed by atoms with Gasteiger partial charge in [-0.1, -0.05) is 0 Å². The lowest BCUT2D eigenvalue weighted by molar-refractivity contribution is -0.118. The number of anilines is 1. The summed E-state index contributed by atoms with van der Waals surface area (Å²) in [5, 5.41) is 5.83. The van der Waals surface area contributed by atoms with E-state index in [-0.39, 0.29) is 11.8 Å². The maximum atomic E-state index is 11.7. The SMILES string of the molecule is CCNc1ccc(C(=O)NCCCCC(N)=O)cn1. The predicted octanol–water partition coefficient (Wildman–Crippen LogP) is 0.899. The third kappa shape index (κ3) is 5.85. The van der Waals surface area contributed by atoms with Crippen LogP contribution in [0.4, 0.5) is 5.82 Å². The Morgan fingerprint density at radius 3 is 2.68 bits per heavy atom. The predicted molar refractivity (Wildman–Crippen MR) is 73.8 cm³/mol. The highest BCUT2D eigenvalue weighted by Crippen LogP contribution is 2.04. The minimum atomic E-state index is -0.311. The largest absolute Gasteiger partial charge is 0.370 e. The van der Waals surface area contributed by atoms with E-state index in [1.165, 1.54) is 6.20 Å². The van der Waals surface area contributed by atoms with Crippen LogP contribution in [0.15, 0.2) is 18.3 Å². The number of carbonyl (C=O) groups is 2. The fourth-order valence-electron chi connectivity index (χ4n) is 1.54. The zero-order chi connectivity index (χ0) is 14.1. The summed E-state index contributed by atoms with van der Waals surface area (Å²) in [6, 6.07) is 3.50. The summed E-state index contributed by atoms with van der Waals surface area (Å²) >= 11 is 0. The molecule has 0 aromatic carbocycles. The van der Waals surface area contributed by atoms with Crippen molar-refractivity contribution < 1.29 is 9.59 Å². The summed E-state index contributed by atoms with van der Waals surface area (Å²) in [7, 11) is 0. The Labute approximate surface area is 112 Å². The maximum absolute atomic E-state index is 11.7. The van der Waals surface area contributed by atoms with E-state index in [1.807, 2.05) is 6.92 Å². The molecular weight excluding hydrogens is 244 g/mol. The van der Waals surface area contributed by atoms with Crippen molar-refractivity contribution in [3.63, 3.8) is 0 Å². The van der Waals surface area contributed by atoms with E-state index in [9.17, 15) is 9.59 Å². The topological polar surface area (TPSA) is 97.1 Å². The van der Waals surface area contributed by atoms with Gasteiger partial charge in [-0.3, -0.25) is 9.59 Å². The highest BCUT2D eigenvalue weighted by Gasteiger charge is 2.05. The number of amides is 2. The summed E-state index contributed by atoms with van der Waals surface area (Å²) in [5.41, 5.74) is 5.55. The van der Waals surface area contributed by atoms with E-state index >= 15 is 0 Å². The lowest BCUT2D eigenvalue weighted by atomic mass is 10.2. The van der Waals surface area contributed by atoms with Gasteiger partial charge in [0.1, 0.15) is 5.82 Å². The van der Waals surface area contributed by atoms with Crippen molar-refractivity contribution in [2.45, 2.75) is 26.2 Å². The van der Waals surface area contributed by atoms with Crippen molar-refractivity contribution in [1.29, 1.82) is 0 Å². The van der Waals surface area contributed by atoms with Gasteiger partial charge in [0.2, 0.25) is 5.91 Å². The Morgan fingerprint density at radius 2 is 2.11 bits per heavy atom. The summed E-state index contributed by atoms with van der Waals surface area (Å²) in [4.78, 5) is 26.4. The van der Waals surface area contributed by atoms with Gasteiger partial charge in [0.25, 0.3) is 5.91 Å². The van der Waals surface area contributed by atoms with Gasteiger partial charge >= 0.3 is 0 Å². The molecule has 0 radical (unpaired) electrons. The molecule has 0 fully saturated rings. The van der Waals surface area contributed by atoms with E-state index in [2.05, 4.69) is 15.6 Å². The van der Waals surface area contributed by atoms with Crippen molar-refractivity contribution in [2.24, 2.45) is 5.73 Å². The molecule has 0 atom stereocenters. The second-order valence-electron chi connectivity index (χ2n) is 4.14. The van der Waals surface area contributed by atoms with E-state index in [4.69, 9.17) is 5.73 Å². The average Bonchev–Trinajstić information content (AvgIpc) is 2.39. The van der Waals surface area contributed by atoms with Crippen LogP contribution in [0, 0.1) is 0 Å². The molecule has 0 spiro atoms. The van der Waals surface area contributed by atoms with Crippen molar-refractivity contribution in [1.82, 2.24) is 10.3 Å². The van der Waals surface area contributed by atoms with Crippen molar-refractivity contribution in [2.75, 3.05) is 18.4 Å². The number of unbranched alkanes of at least 4 members (excludes halogenated alkanes) is 1. The lowest BCUT2D eigenvalue weighted by Crippen LogP contribution is -2.24. The van der Waals surface area contributed by atoms with Crippen LogP contribution in [-0.2, 0) is 4.79 Å². The second kappa shape index (κ2) is 8.07. The molecule has 1 aromatic heterocycles. The number of rotatable bonds is 8. The van der Waals surface area contributed by atoms with Gasteiger partial charge in [-0.15, -0.1) is 0 Å². The molecule has 0 bridgehead atoms. The molecule has 19 heavy (non-hydrogen) atoms. The van der Waals surface area contributed by atoms with Crippen LogP contribution in [-0.4, -0.2) is 29.9 Å².